The summed E-state index contributed by atoms with van der Waals surface area (Å²) >= 11 is 5.94. The highest BCUT2D eigenvalue weighted by molar-refractivity contribution is 6.30. The minimum Gasteiger partial charge on any atom is -0.488 e. The Bertz CT molecular complexity index is 1300. The Morgan fingerprint density at radius 3 is 2.53 bits per heavy atom. The molecule has 1 amide bonds. The Kier molecular flexibility index (Phi) is 6.52. The van der Waals surface area contributed by atoms with Crippen LogP contribution in [0.25, 0.3) is 10.9 Å². The zero-order chi connectivity index (χ0) is 22.5. The quantitative estimate of drug-likeness (QED) is 0.440. The minimum absolute atomic E-state index is 0.181. The van der Waals surface area contributed by atoms with Crippen LogP contribution < -0.4 is 10.3 Å². The van der Waals surface area contributed by atoms with Crippen molar-refractivity contribution in [2.45, 2.75) is 20.1 Å². The number of hydrogen-bond acceptors (Lipinski definition) is 4. The Morgan fingerprint density at radius 1 is 1.03 bits per heavy atom. The zero-order valence-electron chi connectivity index (χ0n) is 17.5. The van der Waals surface area contributed by atoms with Gasteiger partial charge in [-0.05, 0) is 48.9 Å². The summed E-state index contributed by atoms with van der Waals surface area (Å²) in [6, 6.07) is 21.6. The molecule has 0 unspecified atom stereocenters. The standard InChI is InChI=1S/C25H22ClN3O3/c1-2-29(15-23-27-21-9-5-3-7-19(21)24(30)28-23)25(31)20-8-4-6-10-22(20)32-16-17-11-13-18(26)14-12-17/h3-14H,2,15-16H2,1H3,(H,27,28,30). The lowest BCUT2D eigenvalue weighted by Gasteiger charge is -2.22. The van der Waals surface area contributed by atoms with E-state index in [-0.39, 0.29) is 18.0 Å². The molecular weight excluding hydrogens is 426 g/mol. The summed E-state index contributed by atoms with van der Waals surface area (Å²) < 4.78 is 5.94. The molecule has 1 heterocycles. The van der Waals surface area contributed by atoms with Crippen LogP contribution in [0.3, 0.4) is 0 Å². The molecule has 0 saturated carbocycles. The van der Waals surface area contributed by atoms with E-state index in [0.29, 0.717) is 46.2 Å². The minimum atomic E-state index is -0.221. The highest BCUT2D eigenvalue weighted by Gasteiger charge is 2.20. The van der Waals surface area contributed by atoms with Crippen molar-refractivity contribution in [3.05, 3.63) is 105 Å². The fourth-order valence-electron chi connectivity index (χ4n) is 3.40. The number of H-pyrrole nitrogens is 1. The predicted octanol–water partition coefficient (Wildman–Crippen LogP) is 4.82. The highest BCUT2D eigenvalue weighted by Crippen LogP contribution is 2.22. The van der Waals surface area contributed by atoms with E-state index in [1.54, 1.807) is 53.4 Å². The number of amides is 1. The number of benzene rings is 3. The van der Waals surface area contributed by atoms with Gasteiger partial charge >= 0.3 is 0 Å². The number of nitrogens with one attached hydrogen (secondary N) is 1. The maximum atomic E-state index is 13.3. The average molecular weight is 448 g/mol. The molecular formula is C25H22ClN3O3. The second-order valence-electron chi connectivity index (χ2n) is 7.26. The number of carbonyl (C=O) groups excluding carboxylic acids is 1. The van der Waals surface area contributed by atoms with Gasteiger partial charge in [-0.2, -0.15) is 0 Å². The van der Waals surface area contributed by atoms with Gasteiger partial charge < -0.3 is 14.6 Å². The molecule has 0 spiro atoms. The largest absolute Gasteiger partial charge is 0.488 e. The summed E-state index contributed by atoms with van der Waals surface area (Å²) in [7, 11) is 0. The van der Waals surface area contributed by atoms with Gasteiger partial charge in [-0.15, -0.1) is 0 Å². The van der Waals surface area contributed by atoms with E-state index in [9.17, 15) is 9.59 Å². The van der Waals surface area contributed by atoms with Crippen LogP contribution in [0.4, 0.5) is 0 Å². The van der Waals surface area contributed by atoms with Gasteiger partial charge in [0.15, 0.2) is 0 Å². The molecule has 4 rings (SSSR count). The van der Waals surface area contributed by atoms with Crippen LogP contribution in [0.2, 0.25) is 5.02 Å². The fraction of sp³-hybridized carbons (Fsp3) is 0.160. The summed E-state index contributed by atoms with van der Waals surface area (Å²) in [5.41, 5.74) is 1.77. The summed E-state index contributed by atoms with van der Waals surface area (Å²) in [6.45, 7) is 2.82. The third kappa shape index (κ3) is 4.81. The van der Waals surface area contributed by atoms with Gasteiger partial charge in [-0.1, -0.05) is 48.0 Å². The first-order valence-electron chi connectivity index (χ1n) is 10.3. The highest BCUT2D eigenvalue weighted by atomic mass is 35.5. The van der Waals surface area contributed by atoms with Gasteiger partial charge in [0.2, 0.25) is 0 Å². The number of rotatable bonds is 7. The SMILES string of the molecule is CCN(Cc1nc2ccccc2c(=O)[nH]1)C(=O)c1ccccc1OCc1ccc(Cl)cc1. The van der Waals surface area contributed by atoms with Gasteiger partial charge in [0.1, 0.15) is 18.2 Å². The molecule has 0 bridgehead atoms. The van der Waals surface area contributed by atoms with E-state index in [0.717, 1.165) is 5.56 Å². The molecule has 0 aliphatic rings. The van der Waals surface area contributed by atoms with Crippen LogP contribution >= 0.6 is 11.6 Å². The van der Waals surface area contributed by atoms with Crippen molar-refractivity contribution < 1.29 is 9.53 Å². The Labute approximate surface area is 190 Å². The van der Waals surface area contributed by atoms with Gasteiger partial charge in [0.05, 0.1) is 23.0 Å². The summed E-state index contributed by atoms with van der Waals surface area (Å²) in [6.07, 6.45) is 0. The van der Waals surface area contributed by atoms with Crippen molar-refractivity contribution in [2.75, 3.05) is 6.54 Å². The van der Waals surface area contributed by atoms with Gasteiger partial charge in [0, 0.05) is 11.6 Å². The number of aromatic amines is 1. The van der Waals surface area contributed by atoms with E-state index in [4.69, 9.17) is 16.3 Å². The fourth-order valence-corrected chi connectivity index (χ4v) is 3.52. The van der Waals surface area contributed by atoms with Crippen LogP contribution in [-0.4, -0.2) is 27.3 Å². The van der Waals surface area contributed by atoms with Crippen LogP contribution in [0.5, 0.6) is 5.75 Å². The molecule has 3 aromatic carbocycles. The molecule has 6 nitrogen and oxygen atoms in total. The molecule has 4 aromatic rings. The second-order valence-corrected chi connectivity index (χ2v) is 7.70. The number of carbonyl (C=O) groups is 1. The first kappa shape index (κ1) is 21.6. The lowest BCUT2D eigenvalue weighted by atomic mass is 10.1. The molecule has 0 aliphatic heterocycles. The van der Waals surface area contributed by atoms with Crippen molar-refractivity contribution in [3.8, 4) is 5.75 Å². The van der Waals surface area contributed by atoms with E-state index >= 15 is 0 Å². The Hall–Kier alpha value is -3.64. The first-order valence-corrected chi connectivity index (χ1v) is 10.7. The second kappa shape index (κ2) is 9.66. The first-order chi connectivity index (χ1) is 15.5. The average Bonchev–Trinajstić information content (AvgIpc) is 2.82. The monoisotopic (exact) mass is 447 g/mol. The maximum absolute atomic E-state index is 13.3. The summed E-state index contributed by atoms with van der Waals surface area (Å²) in [5, 5.41) is 1.18. The van der Waals surface area contributed by atoms with Crippen LogP contribution in [0.15, 0.2) is 77.6 Å². The number of hydrogen-bond donors (Lipinski definition) is 1. The molecule has 1 N–H and O–H groups in total. The molecule has 1 aromatic heterocycles. The van der Waals surface area contributed by atoms with Gasteiger partial charge in [-0.3, -0.25) is 9.59 Å². The molecule has 0 saturated heterocycles. The van der Waals surface area contributed by atoms with E-state index < -0.39 is 0 Å². The number of ether oxygens (including phenoxy) is 1. The van der Waals surface area contributed by atoms with Crippen LogP contribution in [0, 0.1) is 0 Å². The van der Waals surface area contributed by atoms with Crippen molar-refractivity contribution in [1.29, 1.82) is 0 Å². The van der Waals surface area contributed by atoms with Crippen LogP contribution in [0.1, 0.15) is 28.7 Å². The molecule has 32 heavy (non-hydrogen) atoms. The third-order valence-corrected chi connectivity index (χ3v) is 5.35. The van der Waals surface area contributed by atoms with E-state index in [1.165, 1.54) is 0 Å². The van der Waals surface area contributed by atoms with Gasteiger partial charge in [0.25, 0.3) is 11.5 Å². The maximum Gasteiger partial charge on any atom is 0.258 e. The number of nitrogens with zero attached hydrogens (tertiary/aromatic N) is 2. The lowest BCUT2D eigenvalue weighted by molar-refractivity contribution is 0.0743. The molecule has 0 atom stereocenters. The van der Waals surface area contributed by atoms with Gasteiger partial charge in [-0.25, -0.2) is 4.98 Å². The van der Waals surface area contributed by atoms with Crippen molar-refractivity contribution in [1.82, 2.24) is 14.9 Å². The molecule has 0 aliphatic carbocycles. The normalized spacial score (nSPS) is 10.8. The van der Waals surface area contributed by atoms with Crippen molar-refractivity contribution in [3.63, 3.8) is 0 Å². The van der Waals surface area contributed by atoms with E-state index in [1.807, 2.05) is 31.2 Å². The zero-order valence-corrected chi connectivity index (χ0v) is 18.3. The topological polar surface area (TPSA) is 75.3 Å². The Balaban J connectivity index is 1.55. The third-order valence-electron chi connectivity index (χ3n) is 5.10. The number of halogens is 1. The molecule has 7 heteroatoms. The summed E-state index contributed by atoms with van der Waals surface area (Å²) in [5.74, 6) is 0.726. The molecule has 0 radical (unpaired) electrons. The number of para-hydroxylation sites is 2. The predicted molar refractivity (Wildman–Crippen MR) is 125 cm³/mol. The lowest BCUT2D eigenvalue weighted by Crippen LogP contribution is -2.32. The smallest absolute Gasteiger partial charge is 0.258 e. The Morgan fingerprint density at radius 2 is 1.75 bits per heavy atom. The van der Waals surface area contributed by atoms with E-state index in [2.05, 4.69) is 9.97 Å². The molecule has 0 fully saturated rings. The molecule has 162 valence electrons. The van der Waals surface area contributed by atoms with Crippen LogP contribution in [-0.2, 0) is 13.2 Å². The number of aromatic nitrogens is 2. The summed E-state index contributed by atoms with van der Waals surface area (Å²) in [4.78, 5) is 34.6. The van der Waals surface area contributed by atoms with Crippen molar-refractivity contribution >= 4 is 28.4 Å². The van der Waals surface area contributed by atoms with Crippen molar-refractivity contribution in [2.24, 2.45) is 0 Å². The number of fused-ring (bicyclic) bond motifs is 1.